The number of amides is 1. The quantitative estimate of drug-likeness (QED) is 0.534. The topological polar surface area (TPSA) is 75.6 Å². The van der Waals surface area contributed by atoms with Gasteiger partial charge in [0.2, 0.25) is 0 Å². The van der Waals surface area contributed by atoms with E-state index in [0.29, 0.717) is 37.3 Å². The van der Waals surface area contributed by atoms with E-state index in [4.69, 9.17) is 9.84 Å². The Kier molecular flexibility index (Phi) is 6.57. The van der Waals surface area contributed by atoms with Crippen molar-refractivity contribution < 1.29 is 19.4 Å². The molecule has 1 unspecified atom stereocenters. The SMILES string of the molecule is O=C(O)CCCCCNC(=O)OCC1[C@H]2CCC#CCC[C@@H]12. The van der Waals surface area contributed by atoms with Crippen LogP contribution in [0.1, 0.15) is 51.4 Å². The maximum atomic E-state index is 11.6. The Bertz CT molecular complexity index is 433. The highest BCUT2D eigenvalue weighted by atomic mass is 16.5. The van der Waals surface area contributed by atoms with E-state index in [1.807, 2.05) is 0 Å². The summed E-state index contributed by atoms with van der Waals surface area (Å²) in [5.41, 5.74) is 0. The summed E-state index contributed by atoms with van der Waals surface area (Å²) in [6.07, 6.45) is 6.30. The molecule has 5 nitrogen and oxygen atoms in total. The van der Waals surface area contributed by atoms with E-state index in [-0.39, 0.29) is 12.5 Å². The standard InChI is InChI=1S/C17H25NO4/c19-16(20)10-6-3-7-11-18-17(21)22-12-15-13-8-4-1-2-5-9-14(13)15/h13-15H,3-12H2,(H,18,21)(H,19,20)/t13-,14+,15?. The number of carbonyl (C=O) groups is 2. The molecule has 2 aliphatic carbocycles. The minimum atomic E-state index is -0.768. The van der Waals surface area contributed by atoms with Crippen LogP contribution >= 0.6 is 0 Å². The molecule has 1 saturated carbocycles. The van der Waals surface area contributed by atoms with Crippen molar-refractivity contribution in [3.05, 3.63) is 0 Å². The maximum Gasteiger partial charge on any atom is 0.407 e. The smallest absolute Gasteiger partial charge is 0.407 e. The lowest BCUT2D eigenvalue weighted by molar-refractivity contribution is -0.137. The predicted octanol–water partition coefficient (Wildman–Crippen LogP) is 2.80. The van der Waals surface area contributed by atoms with E-state index in [1.54, 1.807) is 0 Å². The molecule has 122 valence electrons. The molecule has 0 aromatic heterocycles. The average molecular weight is 307 g/mol. The number of alkyl carbamates (subject to hydrolysis) is 1. The molecule has 0 aromatic carbocycles. The number of aliphatic carboxylic acids is 1. The van der Waals surface area contributed by atoms with Crippen molar-refractivity contribution in [1.82, 2.24) is 5.32 Å². The molecular formula is C17H25NO4. The Hall–Kier alpha value is -1.70. The molecule has 0 bridgehead atoms. The minimum absolute atomic E-state index is 0.193. The number of hydrogen-bond acceptors (Lipinski definition) is 3. The van der Waals surface area contributed by atoms with E-state index < -0.39 is 5.97 Å². The number of nitrogens with one attached hydrogen (secondary N) is 1. The predicted molar refractivity (Wildman–Crippen MR) is 82.2 cm³/mol. The number of hydrogen-bond donors (Lipinski definition) is 2. The van der Waals surface area contributed by atoms with Crippen molar-refractivity contribution in [2.45, 2.75) is 51.4 Å². The first-order chi connectivity index (χ1) is 10.7. The summed E-state index contributed by atoms with van der Waals surface area (Å²) < 4.78 is 5.30. The van der Waals surface area contributed by atoms with Crippen LogP contribution in [0.15, 0.2) is 0 Å². The zero-order chi connectivity index (χ0) is 15.8. The molecule has 0 saturated heterocycles. The van der Waals surface area contributed by atoms with Crippen LogP contribution in [0.3, 0.4) is 0 Å². The van der Waals surface area contributed by atoms with Crippen LogP contribution in [0.5, 0.6) is 0 Å². The summed E-state index contributed by atoms with van der Waals surface area (Å²) in [5, 5.41) is 11.2. The average Bonchev–Trinajstić information content (AvgIpc) is 3.10. The number of ether oxygens (including phenoxy) is 1. The van der Waals surface area contributed by atoms with Gasteiger partial charge in [-0.3, -0.25) is 4.79 Å². The van der Waals surface area contributed by atoms with E-state index in [0.717, 1.165) is 38.5 Å². The van der Waals surface area contributed by atoms with Crippen molar-refractivity contribution in [3.63, 3.8) is 0 Å². The van der Waals surface area contributed by atoms with Gasteiger partial charge < -0.3 is 15.2 Å². The molecule has 0 heterocycles. The molecule has 2 aliphatic rings. The molecule has 0 aliphatic heterocycles. The molecule has 0 radical (unpaired) electrons. The van der Waals surface area contributed by atoms with Crippen LogP contribution in [0, 0.1) is 29.6 Å². The van der Waals surface area contributed by atoms with Crippen LogP contribution < -0.4 is 5.32 Å². The Labute approximate surface area is 131 Å². The van der Waals surface area contributed by atoms with Crippen molar-refractivity contribution >= 4 is 12.1 Å². The Morgan fingerprint density at radius 3 is 2.41 bits per heavy atom. The highest BCUT2D eigenvalue weighted by Crippen LogP contribution is 2.52. The van der Waals surface area contributed by atoms with Crippen LogP contribution in [-0.2, 0) is 9.53 Å². The van der Waals surface area contributed by atoms with Crippen molar-refractivity contribution in [3.8, 4) is 11.8 Å². The van der Waals surface area contributed by atoms with Crippen LogP contribution in [-0.4, -0.2) is 30.3 Å². The van der Waals surface area contributed by atoms with Crippen LogP contribution in [0.4, 0.5) is 4.79 Å². The highest BCUT2D eigenvalue weighted by molar-refractivity contribution is 5.67. The summed E-state index contributed by atoms with van der Waals surface area (Å²) >= 11 is 0. The van der Waals surface area contributed by atoms with Gasteiger partial charge >= 0.3 is 12.1 Å². The highest BCUT2D eigenvalue weighted by Gasteiger charge is 2.49. The normalized spacial score (nSPS) is 25.7. The summed E-state index contributed by atoms with van der Waals surface area (Å²) in [7, 11) is 0. The zero-order valence-corrected chi connectivity index (χ0v) is 13.0. The third-order valence-corrected chi connectivity index (χ3v) is 4.58. The molecule has 2 N–H and O–H groups in total. The Balaban J connectivity index is 1.49. The second-order valence-corrected chi connectivity index (χ2v) is 6.15. The van der Waals surface area contributed by atoms with Crippen molar-refractivity contribution in [1.29, 1.82) is 0 Å². The Morgan fingerprint density at radius 2 is 1.77 bits per heavy atom. The van der Waals surface area contributed by atoms with Crippen LogP contribution in [0.25, 0.3) is 0 Å². The minimum Gasteiger partial charge on any atom is -0.481 e. The molecule has 5 heteroatoms. The number of carboxylic acid groups (broad SMARTS) is 1. The number of unbranched alkanes of at least 4 members (excludes halogenated alkanes) is 2. The molecule has 22 heavy (non-hydrogen) atoms. The summed E-state index contributed by atoms with van der Waals surface area (Å²) in [6, 6.07) is 0. The Morgan fingerprint density at radius 1 is 1.09 bits per heavy atom. The molecule has 1 fully saturated rings. The second-order valence-electron chi connectivity index (χ2n) is 6.15. The fourth-order valence-electron chi connectivity index (χ4n) is 3.27. The van der Waals surface area contributed by atoms with Gasteiger partial charge in [-0.15, -0.1) is 11.8 Å². The number of fused-ring (bicyclic) bond motifs is 1. The first-order valence-electron chi connectivity index (χ1n) is 8.26. The molecule has 3 atom stereocenters. The summed E-state index contributed by atoms with van der Waals surface area (Å²) in [5.74, 6) is 7.48. The molecule has 0 aromatic rings. The largest absolute Gasteiger partial charge is 0.481 e. The second kappa shape index (κ2) is 8.67. The fraction of sp³-hybridized carbons (Fsp3) is 0.765. The zero-order valence-electron chi connectivity index (χ0n) is 13.0. The molecular weight excluding hydrogens is 282 g/mol. The third kappa shape index (κ3) is 5.59. The monoisotopic (exact) mass is 307 g/mol. The van der Waals surface area contributed by atoms with Gasteiger partial charge in [-0.25, -0.2) is 4.79 Å². The fourth-order valence-corrected chi connectivity index (χ4v) is 3.27. The number of carboxylic acids is 1. The first kappa shape index (κ1) is 16.7. The van der Waals surface area contributed by atoms with Gasteiger partial charge in [-0.1, -0.05) is 6.42 Å². The summed E-state index contributed by atoms with van der Waals surface area (Å²) in [6.45, 7) is 1.06. The summed E-state index contributed by atoms with van der Waals surface area (Å²) in [4.78, 5) is 22.0. The van der Waals surface area contributed by atoms with Crippen molar-refractivity contribution in [2.24, 2.45) is 17.8 Å². The van der Waals surface area contributed by atoms with Gasteiger partial charge in [0.05, 0.1) is 6.61 Å². The maximum absolute atomic E-state index is 11.6. The van der Waals surface area contributed by atoms with Crippen LogP contribution in [0.2, 0.25) is 0 Å². The van der Waals surface area contributed by atoms with E-state index in [2.05, 4.69) is 17.2 Å². The van der Waals surface area contributed by atoms with Gasteiger partial charge in [-0.2, -0.15) is 0 Å². The van der Waals surface area contributed by atoms with Gasteiger partial charge in [0.25, 0.3) is 0 Å². The van der Waals surface area contributed by atoms with Gasteiger partial charge in [-0.05, 0) is 43.4 Å². The molecule has 2 rings (SSSR count). The number of carbonyl (C=O) groups excluding carboxylic acids is 1. The lowest BCUT2D eigenvalue weighted by atomic mass is 10.1. The van der Waals surface area contributed by atoms with E-state index in [1.165, 1.54) is 0 Å². The first-order valence-corrected chi connectivity index (χ1v) is 8.26. The van der Waals surface area contributed by atoms with Gasteiger partial charge in [0.1, 0.15) is 0 Å². The molecule has 0 spiro atoms. The van der Waals surface area contributed by atoms with Gasteiger partial charge in [0.15, 0.2) is 0 Å². The lowest BCUT2D eigenvalue weighted by Gasteiger charge is -2.06. The molecule has 1 amide bonds. The number of rotatable bonds is 8. The third-order valence-electron chi connectivity index (χ3n) is 4.58. The van der Waals surface area contributed by atoms with E-state index in [9.17, 15) is 9.59 Å². The van der Waals surface area contributed by atoms with Gasteiger partial charge in [0, 0.05) is 25.8 Å². The lowest BCUT2D eigenvalue weighted by Crippen LogP contribution is -2.26. The van der Waals surface area contributed by atoms with Crippen molar-refractivity contribution in [2.75, 3.05) is 13.2 Å². The van der Waals surface area contributed by atoms with E-state index >= 15 is 0 Å².